The zero-order valence-electron chi connectivity index (χ0n) is 16.1. The fourth-order valence-electron chi connectivity index (χ4n) is 3.46. The molecule has 4 aromatic rings. The van der Waals surface area contributed by atoms with Crippen LogP contribution < -0.4 is 11.2 Å². The highest BCUT2D eigenvalue weighted by molar-refractivity contribution is 5.23. The average Bonchev–Trinajstić information content (AvgIpc) is 2.76. The van der Waals surface area contributed by atoms with Gasteiger partial charge in [0.25, 0.3) is 5.56 Å². The van der Waals surface area contributed by atoms with Crippen molar-refractivity contribution in [2.45, 2.75) is 19.5 Å². The Labute approximate surface area is 169 Å². The molecule has 0 atom stereocenters. The first-order valence-corrected chi connectivity index (χ1v) is 9.66. The van der Waals surface area contributed by atoms with Gasteiger partial charge in [-0.15, -0.1) is 0 Å². The van der Waals surface area contributed by atoms with Crippen LogP contribution in [0.15, 0.2) is 107 Å². The van der Waals surface area contributed by atoms with Crippen LogP contribution in [-0.2, 0) is 19.5 Å². The summed E-state index contributed by atoms with van der Waals surface area (Å²) in [6, 6.07) is 30.9. The van der Waals surface area contributed by atoms with Gasteiger partial charge in [0.2, 0.25) is 0 Å². The van der Waals surface area contributed by atoms with Crippen LogP contribution in [-0.4, -0.2) is 9.13 Å². The van der Waals surface area contributed by atoms with Gasteiger partial charge in [-0.25, -0.2) is 4.79 Å². The Morgan fingerprint density at radius 1 is 0.552 bits per heavy atom. The maximum atomic E-state index is 13.3. The lowest BCUT2D eigenvalue weighted by Crippen LogP contribution is -2.41. The number of benzene rings is 3. The molecule has 144 valence electrons. The molecule has 0 fully saturated rings. The van der Waals surface area contributed by atoms with Crippen LogP contribution in [0, 0.1) is 0 Å². The van der Waals surface area contributed by atoms with Crippen LogP contribution >= 0.6 is 0 Å². The van der Waals surface area contributed by atoms with Crippen molar-refractivity contribution in [3.63, 3.8) is 0 Å². The Morgan fingerprint density at radius 2 is 1.00 bits per heavy atom. The molecule has 4 nitrogen and oxygen atoms in total. The molecule has 0 bridgehead atoms. The first kappa shape index (κ1) is 18.7. The largest absolute Gasteiger partial charge is 0.331 e. The molecular formula is C25H22N2O2. The Bertz CT molecular complexity index is 1190. The van der Waals surface area contributed by atoms with Crippen molar-refractivity contribution in [2.75, 3.05) is 0 Å². The Morgan fingerprint density at radius 3 is 1.52 bits per heavy atom. The molecule has 0 saturated heterocycles. The molecule has 0 aliphatic rings. The molecule has 0 aliphatic carbocycles. The summed E-state index contributed by atoms with van der Waals surface area (Å²) in [5.74, 6) is 0. The second-order valence-corrected chi connectivity index (χ2v) is 7.06. The van der Waals surface area contributed by atoms with Crippen molar-refractivity contribution >= 4 is 0 Å². The monoisotopic (exact) mass is 382 g/mol. The molecule has 4 heteroatoms. The summed E-state index contributed by atoms with van der Waals surface area (Å²) in [4.78, 5) is 26.1. The number of nitrogens with zero attached hydrogens (tertiary/aromatic N) is 2. The highest BCUT2D eigenvalue weighted by Crippen LogP contribution is 2.10. The van der Waals surface area contributed by atoms with Gasteiger partial charge >= 0.3 is 5.69 Å². The molecular weight excluding hydrogens is 360 g/mol. The zero-order valence-corrected chi connectivity index (χ0v) is 16.1. The summed E-state index contributed by atoms with van der Waals surface area (Å²) in [5.41, 5.74) is 3.18. The minimum atomic E-state index is -0.281. The van der Waals surface area contributed by atoms with Crippen molar-refractivity contribution in [1.82, 2.24) is 9.13 Å². The average molecular weight is 382 g/mol. The zero-order chi connectivity index (χ0) is 20.1. The molecule has 0 radical (unpaired) electrons. The third-order valence-electron chi connectivity index (χ3n) is 4.96. The fraction of sp³-hybridized carbons (Fsp3) is 0.120. The smallest absolute Gasteiger partial charge is 0.293 e. The van der Waals surface area contributed by atoms with Crippen LogP contribution in [0.25, 0.3) is 0 Å². The fourth-order valence-corrected chi connectivity index (χ4v) is 3.46. The van der Waals surface area contributed by atoms with E-state index in [1.54, 1.807) is 10.6 Å². The number of aromatic nitrogens is 2. The Hall–Kier alpha value is -3.66. The van der Waals surface area contributed by atoms with Crippen LogP contribution in [0.5, 0.6) is 0 Å². The second kappa shape index (κ2) is 8.57. The standard InChI is InChI=1S/C25H22N2O2/c28-24-17-23(16-20-10-4-1-5-11-20)26(18-21-12-6-2-7-13-21)25(29)27(24)19-22-14-8-3-9-15-22/h1-15,17H,16,18-19H2. The molecule has 0 unspecified atom stereocenters. The normalized spacial score (nSPS) is 10.8. The van der Waals surface area contributed by atoms with Gasteiger partial charge in [0, 0.05) is 18.2 Å². The van der Waals surface area contributed by atoms with Crippen LogP contribution in [0.3, 0.4) is 0 Å². The van der Waals surface area contributed by atoms with Crippen molar-refractivity contribution < 1.29 is 0 Å². The third kappa shape index (κ3) is 4.43. The number of hydrogen-bond acceptors (Lipinski definition) is 2. The lowest BCUT2D eigenvalue weighted by Gasteiger charge is -2.16. The van der Waals surface area contributed by atoms with E-state index in [1.165, 1.54) is 4.57 Å². The van der Waals surface area contributed by atoms with Crippen molar-refractivity contribution in [3.8, 4) is 0 Å². The summed E-state index contributed by atoms with van der Waals surface area (Å²) in [5, 5.41) is 0. The van der Waals surface area contributed by atoms with Gasteiger partial charge < -0.3 is 0 Å². The molecule has 29 heavy (non-hydrogen) atoms. The molecule has 1 aromatic heterocycles. The first-order valence-electron chi connectivity index (χ1n) is 9.66. The molecule has 0 N–H and O–H groups in total. The van der Waals surface area contributed by atoms with E-state index < -0.39 is 0 Å². The van der Waals surface area contributed by atoms with Crippen molar-refractivity contribution in [3.05, 3.63) is 140 Å². The minimum Gasteiger partial charge on any atom is -0.293 e. The van der Waals surface area contributed by atoms with Gasteiger partial charge in [0.05, 0.1) is 13.1 Å². The van der Waals surface area contributed by atoms with Gasteiger partial charge in [0.1, 0.15) is 0 Å². The maximum absolute atomic E-state index is 13.3. The van der Waals surface area contributed by atoms with E-state index >= 15 is 0 Å². The molecule has 0 amide bonds. The van der Waals surface area contributed by atoms with Crippen LogP contribution in [0.4, 0.5) is 0 Å². The second-order valence-electron chi connectivity index (χ2n) is 7.06. The summed E-state index contributed by atoms with van der Waals surface area (Å²) < 4.78 is 3.03. The number of hydrogen-bond donors (Lipinski definition) is 0. The van der Waals surface area contributed by atoms with Crippen molar-refractivity contribution in [2.24, 2.45) is 0 Å². The molecule has 0 saturated carbocycles. The van der Waals surface area contributed by atoms with E-state index in [4.69, 9.17) is 0 Å². The predicted molar refractivity (Wildman–Crippen MR) is 115 cm³/mol. The van der Waals surface area contributed by atoms with E-state index in [-0.39, 0.29) is 17.8 Å². The van der Waals surface area contributed by atoms with Gasteiger partial charge in [0.15, 0.2) is 0 Å². The van der Waals surface area contributed by atoms with E-state index in [2.05, 4.69) is 0 Å². The predicted octanol–water partition coefficient (Wildman–Crippen LogP) is 3.70. The molecule has 3 aromatic carbocycles. The third-order valence-corrected chi connectivity index (χ3v) is 4.96. The highest BCUT2D eigenvalue weighted by atomic mass is 16.2. The summed E-state index contributed by atoms with van der Waals surface area (Å²) in [7, 11) is 0. The molecule has 4 rings (SSSR count). The molecule has 0 spiro atoms. The highest BCUT2D eigenvalue weighted by Gasteiger charge is 2.13. The van der Waals surface area contributed by atoms with E-state index in [0.717, 1.165) is 22.4 Å². The summed E-state index contributed by atoms with van der Waals surface area (Å²) >= 11 is 0. The first-order chi connectivity index (χ1) is 14.2. The van der Waals surface area contributed by atoms with Crippen LogP contribution in [0.1, 0.15) is 22.4 Å². The Balaban J connectivity index is 1.80. The van der Waals surface area contributed by atoms with E-state index in [9.17, 15) is 9.59 Å². The van der Waals surface area contributed by atoms with Crippen LogP contribution in [0.2, 0.25) is 0 Å². The van der Waals surface area contributed by atoms with E-state index in [0.29, 0.717) is 13.0 Å². The maximum Gasteiger partial charge on any atom is 0.331 e. The van der Waals surface area contributed by atoms with Gasteiger partial charge in [-0.3, -0.25) is 13.9 Å². The van der Waals surface area contributed by atoms with Gasteiger partial charge in [-0.1, -0.05) is 91.0 Å². The summed E-state index contributed by atoms with van der Waals surface area (Å²) in [6.45, 7) is 0.690. The Kier molecular flexibility index (Phi) is 5.52. The van der Waals surface area contributed by atoms with Crippen molar-refractivity contribution in [1.29, 1.82) is 0 Å². The molecule has 0 aliphatic heterocycles. The minimum absolute atomic E-state index is 0.263. The summed E-state index contributed by atoms with van der Waals surface area (Å²) in [6.07, 6.45) is 0.532. The number of rotatable bonds is 6. The molecule has 1 heterocycles. The van der Waals surface area contributed by atoms with E-state index in [1.807, 2.05) is 91.0 Å². The lowest BCUT2D eigenvalue weighted by molar-refractivity contribution is 0.591. The van der Waals surface area contributed by atoms with Gasteiger partial charge in [-0.05, 0) is 16.7 Å². The SMILES string of the molecule is O=c1cc(Cc2ccccc2)n(Cc2ccccc2)c(=O)n1Cc1ccccc1. The lowest BCUT2D eigenvalue weighted by atomic mass is 10.1. The quantitative estimate of drug-likeness (QED) is 0.510. The van der Waals surface area contributed by atoms with Gasteiger partial charge in [-0.2, -0.15) is 0 Å². The topological polar surface area (TPSA) is 44.0 Å².